The second-order valence-corrected chi connectivity index (χ2v) is 5.47. The molecule has 0 aromatic heterocycles. The summed E-state index contributed by atoms with van der Waals surface area (Å²) >= 11 is 5.89. The van der Waals surface area contributed by atoms with Gasteiger partial charge in [0.2, 0.25) is 11.4 Å². The highest BCUT2D eigenvalue weighted by Crippen LogP contribution is 2.32. The van der Waals surface area contributed by atoms with E-state index in [1.165, 1.54) is 20.1 Å². The number of hydrogen-bond acceptors (Lipinski definition) is 5. The number of carbonyl (C=O) groups is 2. The maximum absolute atomic E-state index is 12.2. The van der Waals surface area contributed by atoms with E-state index in [2.05, 4.69) is 0 Å². The van der Waals surface area contributed by atoms with Gasteiger partial charge >= 0.3 is 11.9 Å². The fourth-order valence-electron chi connectivity index (χ4n) is 2.15. The van der Waals surface area contributed by atoms with Crippen molar-refractivity contribution in [2.24, 2.45) is 0 Å². The lowest BCUT2D eigenvalue weighted by Crippen LogP contribution is -2.40. The number of allylic oxidation sites excluding steroid dienone is 2. The van der Waals surface area contributed by atoms with E-state index in [1.54, 1.807) is 37.3 Å². The molecular weight excluding hydrogens is 320 g/mol. The Morgan fingerprint density at radius 3 is 2.48 bits per heavy atom. The van der Waals surface area contributed by atoms with Crippen molar-refractivity contribution in [3.05, 3.63) is 52.8 Å². The number of methoxy groups -OCH3 is 1. The van der Waals surface area contributed by atoms with Crippen molar-refractivity contribution >= 4 is 29.1 Å². The predicted octanol–water partition coefficient (Wildman–Crippen LogP) is 3.13. The first-order valence-electron chi connectivity index (χ1n) is 7.04. The molecule has 0 radical (unpaired) electrons. The molecule has 1 aromatic carbocycles. The SMILES string of the molecule is CCOC(=O)C1(C)C=C(c2ccc(Cl)cc2)C=C(C(=O)OC)O1. The van der Waals surface area contributed by atoms with Gasteiger partial charge in [0.05, 0.1) is 13.7 Å². The summed E-state index contributed by atoms with van der Waals surface area (Å²) in [5.41, 5.74) is 0.0157. The Labute approximate surface area is 139 Å². The Balaban J connectivity index is 2.48. The number of hydrogen-bond donors (Lipinski definition) is 0. The smallest absolute Gasteiger partial charge is 0.373 e. The van der Waals surface area contributed by atoms with Crippen LogP contribution >= 0.6 is 11.6 Å². The van der Waals surface area contributed by atoms with Crippen LogP contribution in [0.4, 0.5) is 0 Å². The van der Waals surface area contributed by atoms with Crippen LogP contribution in [0.25, 0.3) is 5.57 Å². The number of esters is 2. The van der Waals surface area contributed by atoms with Crippen molar-refractivity contribution in [2.75, 3.05) is 13.7 Å². The molecule has 0 saturated carbocycles. The van der Waals surface area contributed by atoms with Crippen molar-refractivity contribution in [2.45, 2.75) is 19.4 Å². The second-order valence-electron chi connectivity index (χ2n) is 5.04. The molecule has 1 aromatic rings. The molecule has 23 heavy (non-hydrogen) atoms. The molecule has 1 heterocycles. The van der Waals surface area contributed by atoms with Gasteiger partial charge in [-0.3, -0.25) is 0 Å². The molecule has 2 rings (SSSR count). The first-order valence-corrected chi connectivity index (χ1v) is 7.42. The van der Waals surface area contributed by atoms with E-state index in [1.807, 2.05) is 0 Å². The first-order chi connectivity index (χ1) is 10.9. The predicted molar refractivity (Wildman–Crippen MR) is 85.7 cm³/mol. The summed E-state index contributed by atoms with van der Waals surface area (Å²) in [5, 5.41) is 0.590. The largest absolute Gasteiger partial charge is 0.464 e. The maximum Gasteiger partial charge on any atom is 0.373 e. The highest BCUT2D eigenvalue weighted by atomic mass is 35.5. The third-order valence-corrected chi connectivity index (χ3v) is 3.54. The van der Waals surface area contributed by atoms with Crippen molar-refractivity contribution in [3.63, 3.8) is 0 Å². The Morgan fingerprint density at radius 2 is 1.91 bits per heavy atom. The Bertz CT molecular complexity index is 675. The zero-order valence-electron chi connectivity index (χ0n) is 13.1. The van der Waals surface area contributed by atoms with E-state index in [-0.39, 0.29) is 12.4 Å². The van der Waals surface area contributed by atoms with Gasteiger partial charge in [-0.1, -0.05) is 23.7 Å². The first kappa shape index (κ1) is 17.1. The van der Waals surface area contributed by atoms with Crippen LogP contribution in [0.2, 0.25) is 5.02 Å². The summed E-state index contributed by atoms with van der Waals surface area (Å²) in [5.74, 6) is -1.31. The Kier molecular flexibility index (Phi) is 5.11. The highest BCUT2D eigenvalue weighted by molar-refractivity contribution is 6.30. The summed E-state index contributed by atoms with van der Waals surface area (Å²) in [6.45, 7) is 3.45. The second kappa shape index (κ2) is 6.87. The van der Waals surface area contributed by atoms with Crippen LogP contribution in [-0.4, -0.2) is 31.3 Å². The standard InChI is InChI=1S/C17H17ClO5/c1-4-22-16(20)17(2)10-12(9-14(23-17)15(19)21-3)11-5-7-13(18)8-6-11/h5-10H,4H2,1-3H3. The fourth-order valence-corrected chi connectivity index (χ4v) is 2.28. The summed E-state index contributed by atoms with van der Waals surface area (Å²) in [6, 6.07) is 7.02. The molecule has 0 bridgehead atoms. The third-order valence-electron chi connectivity index (χ3n) is 3.28. The lowest BCUT2D eigenvalue weighted by atomic mass is 9.94. The number of rotatable bonds is 4. The highest BCUT2D eigenvalue weighted by Gasteiger charge is 2.40. The number of carbonyl (C=O) groups excluding carboxylic acids is 2. The van der Waals surface area contributed by atoms with Gasteiger partial charge in [0, 0.05) is 5.02 Å². The molecule has 0 saturated heterocycles. The molecule has 1 atom stereocenters. The third kappa shape index (κ3) is 3.74. The van der Waals surface area contributed by atoms with Gasteiger partial charge in [-0.25, -0.2) is 9.59 Å². The molecule has 5 nitrogen and oxygen atoms in total. The van der Waals surface area contributed by atoms with Gasteiger partial charge < -0.3 is 14.2 Å². The topological polar surface area (TPSA) is 61.8 Å². The molecule has 0 amide bonds. The minimum atomic E-state index is -1.41. The minimum Gasteiger partial charge on any atom is -0.464 e. The van der Waals surface area contributed by atoms with E-state index in [0.717, 1.165) is 5.56 Å². The van der Waals surface area contributed by atoms with Crippen molar-refractivity contribution in [1.29, 1.82) is 0 Å². The molecule has 0 spiro atoms. The number of ether oxygens (including phenoxy) is 3. The van der Waals surface area contributed by atoms with Crippen LogP contribution in [0, 0.1) is 0 Å². The number of halogens is 1. The Hall–Kier alpha value is -2.27. The van der Waals surface area contributed by atoms with E-state index in [0.29, 0.717) is 10.6 Å². The summed E-state index contributed by atoms with van der Waals surface area (Å²) < 4.78 is 15.3. The van der Waals surface area contributed by atoms with E-state index >= 15 is 0 Å². The summed E-state index contributed by atoms with van der Waals surface area (Å²) in [7, 11) is 1.24. The zero-order chi connectivity index (χ0) is 17.0. The fraction of sp³-hybridized carbons (Fsp3) is 0.294. The van der Waals surface area contributed by atoms with Crippen LogP contribution in [0.15, 0.2) is 42.2 Å². The quantitative estimate of drug-likeness (QED) is 0.790. The Morgan fingerprint density at radius 1 is 1.26 bits per heavy atom. The molecule has 0 aliphatic carbocycles. The van der Waals surface area contributed by atoms with Crippen molar-refractivity contribution in [3.8, 4) is 0 Å². The molecule has 6 heteroatoms. The maximum atomic E-state index is 12.2. The average Bonchev–Trinajstić information content (AvgIpc) is 2.54. The monoisotopic (exact) mass is 336 g/mol. The molecule has 1 aliphatic heterocycles. The normalized spacial score (nSPS) is 20.0. The lowest BCUT2D eigenvalue weighted by Gasteiger charge is -2.30. The molecule has 122 valence electrons. The minimum absolute atomic E-state index is 0.0597. The van der Waals surface area contributed by atoms with E-state index < -0.39 is 17.5 Å². The molecule has 0 fully saturated rings. The number of benzene rings is 1. The zero-order valence-corrected chi connectivity index (χ0v) is 13.8. The van der Waals surface area contributed by atoms with Gasteiger partial charge in [-0.2, -0.15) is 0 Å². The molecule has 1 unspecified atom stereocenters. The molecular formula is C17H17ClO5. The van der Waals surface area contributed by atoms with Gasteiger partial charge in [-0.05, 0) is 49.3 Å². The van der Waals surface area contributed by atoms with E-state index in [4.69, 9.17) is 25.8 Å². The molecule has 1 aliphatic rings. The van der Waals surface area contributed by atoms with Gasteiger partial charge in [0.25, 0.3) is 0 Å². The van der Waals surface area contributed by atoms with Gasteiger partial charge in [0.15, 0.2) is 0 Å². The molecule has 0 N–H and O–H groups in total. The summed E-state index contributed by atoms with van der Waals surface area (Å²) in [6.07, 6.45) is 3.14. The average molecular weight is 337 g/mol. The van der Waals surface area contributed by atoms with Crippen LogP contribution in [0.1, 0.15) is 19.4 Å². The van der Waals surface area contributed by atoms with Gasteiger partial charge in [0.1, 0.15) is 0 Å². The summed E-state index contributed by atoms with van der Waals surface area (Å²) in [4.78, 5) is 24.1. The van der Waals surface area contributed by atoms with Crippen molar-refractivity contribution < 1.29 is 23.8 Å². The van der Waals surface area contributed by atoms with Crippen molar-refractivity contribution in [1.82, 2.24) is 0 Å². The van der Waals surface area contributed by atoms with Crippen LogP contribution in [0.5, 0.6) is 0 Å². The lowest BCUT2D eigenvalue weighted by molar-refractivity contribution is -0.163. The van der Waals surface area contributed by atoms with Crippen LogP contribution in [-0.2, 0) is 23.8 Å². The van der Waals surface area contributed by atoms with Crippen LogP contribution < -0.4 is 0 Å². The van der Waals surface area contributed by atoms with E-state index in [9.17, 15) is 9.59 Å². The van der Waals surface area contributed by atoms with Gasteiger partial charge in [-0.15, -0.1) is 0 Å². The van der Waals surface area contributed by atoms with Crippen LogP contribution in [0.3, 0.4) is 0 Å².